The molecule has 3 fully saturated rings. The first kappa shape index (κ1) is 61.3. The van der Waals surface area contributed by atoms with E-state index in [-0.39, 0.29) is 41.0 Å². The van der Waals surface area contributed by atoms with Crippen LogP contribution in [0.5, 0.6) is 5.88 Å². The predicted octanol–water partition coefficient (Wildman–Crippen LogP) is 9.44. The van der Waals surface area contributed by atoms with E-state index in [1.165, 1.54) is 81.3 Å². The zero-order valence-corrected chi connectivity index (χ0v) is 48.8. The number of halogens is 1. The lowest BCUT2D eigenvalue weighted by Crippen LogP contribution is -2.53. The molecule has 1 aromatic carbocycles. The van der Waals surface area contributed by atoms with Crippen molar-refractivity contribution < 1.29 is 60.6 Å². The summed E-state index contributed by atoms with van der Waals surface area (Å²) in [6.07, 6.45) is 11.3. The summed E-state index contributed by atoms with van der Waals surface area (Å²) in [7, 11) is 0. The second-order valence-corrected chi connectivity index (χ2v) is 27.6. The van der Waals surface area contributed by atoms with Crippen molar-refractivity contribution in [1.29, 1.82) is 0 Å². The summed E-state index contributed by atoms with van der Waals surface area (Å²) in [6.45, 7) is -2.39. The average molecular weight is 1190 g/mol. The van der Waals surface area contributed by atoms with Gasteiger partial charge in [0.15, 0.2) is 35.0 Å². The lowest BCUT2D eigenvalue weighted by atomic mass is 10.0. The van der Waals surface area contributed by atoms with Crippen molar-refractivity contribution in [3.8, 4) is 5.88 Å². The second kappa shape index (κ2) is 28.4. The number of hydrogen-bond acceptors (Lipinski definition) is 20. The molecule has 4 aromatic heterocycles. The van der Waals surface area contributed by atoms with Crippen molar-refractivity contribution in [2.45, 2.75) is 185 Å². The van der Waals surface area contributed by atoms with E-state index in [4.69, 9.17) is 33.3 Å². The van der Waals surface area contributed by atoms with Gasteiger partial charge in [-0.3, -0.25) is 41.6 Å². The van der Waals surface area contributed by atoms with Gasteiger partial charge in [0.1, 0.15) is 60.9 Å². The number of rotatable bonds is 25. The third-order valence-electron chi connectivity index (χ3n) is 14.2. The number of benzene rings is 1. The summed E-state index contributed by atoms with van der Waals surface area (Å²) < 4.78 is 85.3. The number of nitrogen functional groups attached to an aromatic ring is 1. The fourth-order valence-corrected chi connectivity index (χ4v) is 14.6. The Kier molecular flexibility index (Phi) is 21.8. The number of ether oxygens (including phenoxy) is 2. The van der Waals surface area contributed by atoms with Gasteiger partial charge in [0.2, 0.25) is 23.6 Å². The van der Waals surface area contributed by atoms with Crippen LogP contribution >= 0.6 is 37.2 Å². The number of nitrogens with one attached hydrogen (secondary N) is 3. The van der Waals surface area contributed by atoms with Crippen LogP contribution in [0.15, 0.2) is 49.6 Å². The molecule has 438 valence electrons. The second-order valence-electron chi connectivity index (χ2n) is 20.7. The number of carbonyl (C=O) groups is 3. The van der Waals surface area contributed by atoms with Crippen LogP contribution in [0.2, 0.25) is 0 Å². The van der Waals surface area contributed by atoms with Gasteiger partial charge >= 0.3 is 13.6 Å². The van der Waals surface area contributed by atoms with Gasteiger partial charge in [0.25, 0.3) is 0 Å². The summed E-state index contributed by atoms with van der Waals surface area (Å²) >= 11 is 4.98. The van der Waals surface area contributed by atoms with E-state index >= 15 is 8.96 Å². The van der Waals surface area contributed by atoms with Gasteiger partial charge in [-0.2, -0.15) is 4.98 Å². The summed E-state index contributed by atoms with van der Waals surface area (Å²) in [5.41, 5.74) is 7.67. The standard InChI is InChI=1S/C51H73FN12O12P2S2/c1-5-6-7-8-9-10-11-12-13-14-15-16-17-18-38(65)62-41(31(2)3)50(68)60-32(4)48(66)61-34-21-19-33(20-22-34)26-80-78(70)72-24-36-35(23-39(73-36)63-29-58-42-45(53)54-27-55-46(42)63)75-77(69,79)71-25-37-44(76-78)40(52)51(74-37)64-30-59-43-47(64)56-28-57-49(43)67/h19-22,27-32,35-37,39-41,44,51H,5-18,23-26H2,1-4H3,(H,60,68)(H,61,66)(H,62,65)(H,69,79)(H2,53,54,55)(H,56,57,67)/t32-,35-,36+,37+,39+,40+,41-,44+,51+,77?,78?/m0/s1. The van der Waals surface area contributed by atoms with E-state index in [0.717, 1.165) is 43.4 Å². The first-order valence-corrected chi connectivity index (χ1v) is 33.2. The lowest BCUT2D eigenvalue weighted by Gasteiger charge is -2.29. The molecule has 5 aromatic rings. The molecule has 3 saturated heterocycles. The summed E-state index contributed by atoms with van der Waals surface area (Å²) in [5.74, 6) is -1.74. The minimum absolute atomic E-state index is 0.0147. The van der Waals surface area contributed by atoms with E-state index in [1.54, 1.807) is 35.8 Å². The van der Waals surface area contributed by atoms with Crippen LogP contribution in [0.3, 0.4) is 0 Å². The molecule has 80 heavy (non-hydrogen) atoms. The van der Waals surface area contributed by atoms with Gasteiger partial charge in [-0.15, -0.1) is 0 Å². The van der Waals surface area contributed by atoms with Crippen molar-refractivity contribution in [3.63, 3.8) is 0 Å². The molecule has 3 aliphatic heterocycles. The monoisotopic (exact) mass is 1190 g/mol. The molecule has 29 heteroatoms. The highest BCUT2D eigenvalue weighted by atomic mass is 32.7. The Hall–Kier alpha value is -4.82. The summed E-state index contributed by atoms with van der Waals surface area (Å²) in [4.78, 5) is 64.3. The highest BCUT2D eigenvalue weighted by Gasteiger charge is 2.53. The van der Waals surface area contributed by atoms with Gasteiger partial charge in [-0.1, -0.05) is 122 Å². The Balaban J connectivity index is 0.876. The zero-order chi connectivity index (χ0) is 57.0. The van der Waals surface area contributed by atoms with Crippen LogP contribution < -0.4 is 21.7 Å². The van der Waals surface area contributed by atoms with Crippen LogP contribution in [0.25, 0.3) is 22.3 Å². The largest absolute Gasteiger partial charge is 0.492 e. The molecule has 6 N–H and O–H groups in total. The molecule has 11 atom stereocenters. The minimum Gasteiger partial charge on any atom is -0.492 e. The number of carbonyl (C=O) groups excluding carboxylic acids is 3. The number of aromatic nitrogens is 8. The smallest absolute Gasteiger partial charge is 0.389 e. The van der Waals surface area contributed by atoms with Crippen LogP contribution in [-0.4, -0.2) is 118 Å². The molecule has 2 unspecified atom stereocenters. The van der Waals surface area contributed by atoms with Crippen molar-refractivity contribution in [3.05, 3.63) is 55.1 Å². The van der Waals surface area contributed by atoms with Gasteiger partial charge < -0.3 is 36.3 Å². The molecule has 3 amide bonds. The number of nitrogens with two attached hydrogens (primary N) is 1. The number of amides is 3. The number of hydrogen-bond donors (Lipinski definition) is 6. The molecule has 0 bridgehead atoms. The molecular weight excluding hydrogens is 1120 g/mol. The van der Waals surface area contributed by atoms with E-state index < -0.39 is 99.6 Å². The molecule has 0 spiro atoms. The fraction of sp³-hybridized carbons (Fsp3) is 0.627. The van der Waals surface area contributed by atoms with Gasteiger partial charge in [0, 0.05) is 24.3 Å². The Morgan fingerprint density at radius 3 is 2.09 bits per heavy atom. The number of fused-ring (bicyclic) bond motifs is 4. The first-order chi connectivity index (χ1) is 38.4. The number of nitrogens with zero attached hydrogens (tertiary/aromatic N) is 8. The van der Waals surface area contributed by atoms with E-state index in [0.29, 0.717) is 28.8 Å². The number of anilines is 2. The highest BCUT2D eigenvalue weighted by Crippen LogP contribution is 2.65. The molecular formula is C51H73FN12O12P2S2. The molecule has 7 heterocycles. The Morgan fingerprint density at radius 2 is 1.40 bits per heavy atom. The van der Waals surface area contributed by atoms with E-state index in [1.807, 2.05) is 13.8 Å². The van der Waals surface area contributed by atoms with Gasteiger partial charge in [-0.05, 0) is 48.3 Å². The van der Waals surface area contributed by atoms with Crippen molar-refractivity contribution in [1.82, 2.24) is 49.7 Å². The maximum Gasteiger partial charge on any atom is 0.389 e. The molecule has 0 radical (unpaired) electrons. The summed E-state index contributed by atoms with van der Waals surface area (Å²) in [6, 6.07) is 4.79. The molecule has 0 aliphatic carbocycles. The van der Waals surface area contributed by atoms with Crippen molar-refractivity contribution in [2.75, 3.05) is 24.3 Å². The normalized spacial score (nSPS) is 26.1. The topological polar surface area (TPSA) is 310 Å². The number of aromatic hydroxyl groups is 1. The Labute approximate surface area is 473 Å². The minimum atomic E-state index is -4.47. The molecule has 8 rings (SSSR count). The predicted molar refractivity (Wildman–Crippen MR) is 301 cm³/mol. The Morgan fingerprint density at radius 1 is 0.775 bits per heavy atom. The van der Waals surface area contributed by atoms with Crippen LogP contribution in [-0.2, 0) is 56.8 Å². The van der Waals surface area contributed by atoms with Crippen molar-refractivity contribution in [2.24, 2.45) is 5.92 Å². The fourth-order valence-electron chi connectivity index (χ4n) is 9.74. The molecule has 24 nitrogen and oxygen atoms in total. The lowest BCUT2D eigenvalue weighted by molar-refractivity contribution is -0.131. The first-order valence-electron chi connectivity index (χ1n) is 27.4. The maximum absolute atomic E-state index is 17.0. The van der Waals surface area contributed by atoms with Crippen LogP contribution in [0.1, 0.15) is 142 Å². The van der Waals surface area contributed by atoms with Crippen LogP contribution in [0.4, 0.5) is 15.9 Å². The third-order valence-corrected chi connectivity index (χ3v) is 19.5. The number of imidazole rings is 2. The maximum atomic E-state index is 17.0. The zero-order valence-electron chi connectivity index (χ0n) is 45.3. The highest BCUT2D eigenvalue weighted by molar-refractivity contribution is 8.54. The summed E-state index contributed by atoms with van der Waals surface area (Å²) in [5, 5.41) is 18.7. The molecule has 3 aliphatic rings. The number of alkyl halides is 1. The average Bonchev–Trinajstić information content (AvgIpc) is 4.23. The quantitative estimate of drug-likeness (QED) is 0.0180. The van der Waals surface area contributed by atoms with Crippen molar-refractivity contribution >= 4 is 88.8 Å². The number of unbranched alkanes of at least 4 members (excludes halogenated alkanes) is 12. The van der Waals surface area contributed by atoms with Gasteiger partial charge in [-0.25, -0.2) is 38.4 Å². The van der Waals surface area contributed by atoms with Gasteiger partial charge in [0.05, 0.1) is 25.9 Å². The third kappa shape index (κ3) is 16.0. The molecule has 0 saturated carbocycles. The SMILES string of the molecule is CCCCCCCCCCCCCCCC(=O)N[C@H](C(=O)N[C@@H](C)C(=O)Nc1ccc(CSP2(=O)OC[C@H]3O[C@@H](n4cnc5c(N)ncnc54)C[C@@H]3OP(=O)(S)OC[C@H]3O[C@@H](n4cnc5c(O)ncnc54)[C@H](F)[C@@H]3O2)cc1)C(C)C. The van der Waals surface area contributed by atoms with E-state index in [9.17, 15) is 24.1 Å². The van der Waals surface area contributed by atoms with Crippen LogP contribution in [0, 0.1) is 5.92 Å². The number of thiol groups is 1. The Bertz CT molecular complexity index is 2980. The van der Waals surface area contributed by atoms with E-state index in [2.05, 4.69) is 65.0 Å².